The predicted octanol–water partition coefficient (Wildman–Crippen LogP) is 3.63. The van der Waals surface area contributed by atoms with Crippen LogP contribution in [0.1, 0.15) is 44.3 Å². The van der Waals surface area contributed by atoms with Gasteiger partial charge >= 0.3 is 0 Å². The van der Waals surface area contributed by atoms with Crippen LogP contribution in [-0.4, -0.2) is 47.8 Å². The highest BCUT2D eigenvalue weighted by atomic mass is 16.3. The highest BCUT2D eigenvalue weighted by molar-refractivity contribution is 5.85. The Kier molecular flexibility index (Phi) is 10.9. The van der Waals surface area contributed by atoms with Gasteiger partial charge in [-0.3, -0.25) is 9.59 Å². The van der Waals surface area contributed by atoms with Crippen molar-refractivity contribution in [2.24, 2.45) is 5.73 Å². The first-order valence-corrected chi connectivity index (χ1v) is 11.9. The molecule has 3 N–H and O–H groups in total. The Labute approximate surface area is 212 Å². The van der Waals surface area contributed by atoms with E-state index in [1.54, 1.807) is 29.2 Å². The van der Waals surface area contributed by atoms with Crippen molar-refractivity contribution >= 4 is 28.5 Å². The molecule has 188 valence electrons. The van der Waals surface area contributed by atoms with E-state index < -0.39 is 0 Å². The van der Waals surface area contributed by atoms with Gasteiger partial charge in [0.1, 0.15) is 29.3 Å². The van der Waals surface area contributed by atoms with Gasteiger partial charge in [0.05, 0.1) is 6.54 Å². The van der Waals surface area contributed by atoms with E-state index in [0.717, 1.165) is 62.0 Å². The minimum absolute atomic E-state index is 0.0413. The van der Waals surface area contributed by atoms with Crippen molar-refractivity contribution in [1.29, 1.82) is 10.5 Å². The summed E-state index contributed by atoms with van der Waals surface area (Å²) in [6, 6.07) is 10.8. The third kappa shape index (κ3) is 7.82. The number of nitrogens with zero attached hydrogens (tertiary/aromatic N) is 4. The highest BCUT2D eigenvalue weighted by Gasteiger charge is 2.23. The van der Waals surface area contributed by atoms with Gasteiger partial charge in [0.2, 0.25) is 11.8 Å². The monoisotopic (exact) mass is 488 g/mol. The van der Waals surface area contributed by atoms with Crippen LogP contribution in [0.5, 0.6) is 0 Å². The number of fused-ring (bicyclic) bond motifs is 1. The molecule has 0 radical (unpaired) electrons. The van der Waals surface area contributed by atoms with Crippen LogP contribution in [0.3, 0.4) is 0 Å². The molecule has 0 unspecified atom stereocenters. The molecule has 1 aromatic carbocycles. The number of nitrogens with one attached hydrogen (secondary N) is 1. The number of hydrogen-bond donors (Lipinski definition) is 2. The molecule has 1 aromatic heterocycles. The molecule has 0 bridgehead atoms. The maximum Gasteiger partial charge on any atom is 0.242 e. The molecule has 0 spiro atoms. The molecule has 2 fully saturated rings. The van der Waals surface area contributed by atoms with E-state index in [9.17, 15) is 9.59 Å². The second kappa shape index (κ2) is 14.1. The molecule has 2 amide bonds. The maximum absolute atomic E-state index is 11.9. The summed E-state index contributed by atoms with van der Waals surface area (Å²) in [5.74, 6) is 1.14. The number of carbonyl (C=O) groups is 2. The summed E-state index contributed by atoms with van der Waals surface area (Å²) < 4.78 is 5.44. The summed E-state index contributed by atoms with van der Waals surface area (Å²) >= 11 is 0. The standard InChI is InChI=1S/C13H10N4O.C12H20N2O2.C2H2/c1-8-4-9-5-11(2-3-12(9)18-8)17-13(16)10(6-14)7-15;15-11-6-2-5-9-14(11)10-12(16)13-7-3-1-4-8-13;1-2/h2-5,17H,16H2,1H3;1-10H2;1-2H. The molecule has 9 nitrogen and oxygen atoms in total. The van der Waals surface area contributed by atoms with Crippen LogP contribution in [0.2, 0.25) is 0 Å². The van der Waals surface area contributed by atoms with Crippen LogP contribution >= 0.6 is 0 Å². The van der Waals surface area contributed by atoms with Gasteiger partial charge in [-0.25, -0.2) is 0 Å². The number of terminal acetylenes is 1. The van der Waals surface area contributed by atoms with E-state index in [1.807, 2.05) is 24.0 Å². The first-order valence-electron chi connectivity index (χ1n) is 11.9. The molecule has 0 atom stereocenters. The Hall–Kier alpha value is -4.42. The summed E-state index contributed by atoms with van der Waals surface area (Å²) in [4.78, 5) is 27.1. The van der Waals surface area contributed by atoms with Gasteiger partial charge in [-0.1, -0.05) is 0 Å². The van der Waals surface area contributed by atoms with E-state index in [0.29, 0.717) is 18.7 Å². The molecular formula is C27H32N6O3. The molecule has 3 heterocycles. The average molecular weight is 489 g/mol. The first-order chi connectivity index (χ1) is 17.4. The lowest BCUT2D eigenvalue weighted by Gasteiger charge is -2.31. The zero-order valence-corrected chi connectivity index (χ0v) is 20.6. The third-order valence-electron chi connectivity index (χ3n) is 5.87. The van der Waals surface area contributed by atoms with Crippen molar-refractivity contribution in [3.05, 3.63) is 41.4 Å². The van der Waals surface area contributed by atoms with Gasteiger partial charge in [0, 0.05) is 37.1 Å². The van der Waals surface area contributed by atoms with Crippen molar-refractivity contribution in [3.63, 3.8) is 0 Å². The predicted molar refractivity (Wildman–Crippen MR) is 138 cm³/mol. The van der Waals surface area contributed by atoms with Crippen LogP contribution in [0.25, 0.3) is 11.0 Å². The van der Waals surface area contributed by atoms with Crippen LogP contribution in [0.4, 0.5) is 5.69 Å². The molecule has 2 aromatic rings. The summed E-state index contributed by atoms with van der Waals surface area (Å²) in [5.41, 5.74) is 6.96. The Morgan fingerprint density at radius 2 is 1.75 bits per heavy atom. The number of likely N-dealkylation sites (tertiary alicyclic amines) is 2. The van der Waals surface area contributed by atoms with Gasteiger partial charge in [-0.2, -0.15) is 10.5 Å². The molecule has 4 rings (SSSR count). The topological polar surface area (TPSA) is 139 Å². The zero-order valence-electron chi connectivity index (χ0n) is 20.6. The molecule has 0 aliphatic carbocycles. The smallest absolute Gasteiger partial charge is 0.242 e. The fourth-order valence-corrected chi connectivity index (χ4v) is 4.05. The lowest BCUT2D eigenvalue weighted by atomic mass is 10.1. The number of piperidine rings is 2. The molecule has 36 heavy (non-hydrogen) atoms. The minimum Gasteiger partial charge on any atom is -0.461 e. The SMILES string of the molecule is C#C.Cc1cc2cc(NC(N)=C(C#N)C#N)ccc2o1.O=C(CN1CCCCC1=O)N1CCCCC1. The number of allylic oxidation sites excluding steroid dienone is 1. The lowest BCUT2D eigenvalue weighted by molar-refractivity contribution is -0.142. The Bertz CT molecular complexity index is 1180. The number of aryl methyl sites for hydroxylation is 1. The number of nitrogens with two attached hydrogens (primary N) is 1. The van der Waals surface area contributed by atoms with E-state index in [2.05, 4.69) is 18.2 Å². The number of rotatable bonds is 4. The molecular weight excluding hydrogens is 456 g/mol. The number of carbonyl (C=O) groups excluding carboxylic acids is 2. The zero-order chi connectivity index (χ0) is 26.5. The summed E-state index contributed by atoms with van der Waals surface area (Å²) in [6.07, 6.45) is 14.1. The number of benzene rings is 1. The maximum atomic E-state index is 11.9. The molecule has 2 aliphatic rings. The fourth-order valence-electron chi connectivity index (χ4n) is 4.05. The lowest BCUT2D eigenvalue weighted by Crippen LogP contribution is -2.46. The largest absolute Gasteiger partial charge is 0.461 e. The van der Waals surface area contributed by atoms with E-state index in [4.69, 9.17) is 20.7 Å². The molecule has 2 aliphatic heterocycles. The minimum atomic E-state index is -0.140. The molecule has 9 heteroatoms. The van der Waals surface area contributed by atoms with Gasteiger partial charge < -0.3 is 25.3 Å². The number of nitriles is 2. The molecule has 0 saturated carbocycles. The van der Waals surface area contributed by atoms with E-state index in [1.165, 1.54) is 6.42 Å². The third-order valence-corrected chi connectivity index (χ3v) is 5.87. The highest BCUT2D eigenvalue weighted by Crippen LogP contribution is 2.23. The van der Waals surface area contributed by atoms with Gasteiger partial charge in [0.15, 0.2) is 5.57 Å². The Morgan fingerprint density at radius 1 is 1.08 bits per heavy atom. The number of furan rings is 1. The van der Waals surface area contributed by atoms with Crippen molar-refractivity contribution < 1.29 is 14.0 Å². The quantitative estimate of drug-likeness (QED) is 0.495. The number of amides is 2. The Morgan fingerprint density at radius 3 is 2.39 bits per heavy atom. The van der Waals surface area contributed by atoms with E-state index in [-0.39, 0.29) is 23.2 Å². The second-order valence-electron chi connectivity index (χ2n) is 8.46. The summed E-state index contributed by atoms with van der Waals surface area (Å²) in [7, 11) is 0. The van der Waals surface area contributed by atoms with Crippen LogP contribution in [0, 0.1) is 42.4 Å². The van der Waals surface area contributed by atoms with Crippen molar-refractivity contribution in [1.82, 2.24) is 9.80 Å². The van der Waals surface area contributed by atoms with Gasteiger partial charge in [-0.15, -0.1) is 12.8 Å². The van der Waals surface area contributed by atoms with Crippen LogP contribution < -0.4 is 11.1 Å². The van der Waals surface area contributed by atoms with Gasteiger partial charge in [-0.05, 0) is 63.3 Å². The van der Waals surface area contributed by atoms with Crippen molar-refractivity contribution in [2.75, 3.05) is 31.5 Å². The van der Waals surface area contributed by atoms with Gasteiger partial charge in [0.25, 0.3) is 0 Å². The number of anilines is 1. The van der Waals surface area contributed by atoms with Crippen LogP contribution in [-0.2, 0) is 9.59 Å². The fraction of sp³-hybridized carbons (Fsp3) is 0.407. The van der Waals surface area contributed by atoms with Crippen LogP contribution in [0.15, 0.2) is 40.1 Å². The summed E-state index contributed by atoms with van der Waals surface area (Å²) in [6.45, 7) is 4.68. The normalized spacial score (nSPS) is 14.8. The Balaban J connectivity index is 0.000000239. The first kappa shape index (κ1) is 27.8. The van der Waals surface area contributed by atoms with Crippen molar-refractivity contribution in [2.45, 2.75) is 45.4 Å². The van der Waals surface area contributed by atoms with Crippen molar-refractivity contribution in [3.8, 4) is 25.0 Å². The average Bonchev–Trinajstić information content (AvgIpc) is 3.27. The summed E-state index contributed by atoms with van der Waals surface area (Å²) in [5, 5.41) is 21.1. The van der Waals surface area contributed by atoms with E-state index >= 15 is 0 Å². The second-order valence-corrected chi connectivity index (χ2v) is 8.46. The number of hydrogen-bond acceptors (Lipinski definition) is 7. The molecule has 2 saturated heterocycles.